The van der Waals surface area contributed by atoms with Crippen molar-refractivity contribution in [1.29, 1.82) is 0 Å². The van der Waals surface area contributed by atoms with Gasteiger partial charge in [0.25, 0.3) is 0 Å². The Morgan fingerprint density at radius 2 is 2.12 bits per heavy atom. The van der Waals surface area contributed by atoms with Crippen molar-refractivity contribution in [2.24, 2.45) is 0 Å². The molecule has 0 saturated heterocycles. The fourth-order valence-corrected chi connectivity index (χ4v) is 1.54. The molecule has 1 amide bonds. The van der Waals surface area contributed by atoms with Gasteiger partial charge in [-0.15, -0.1) is 0 Å². The minimum Gasteiger partial charge on any atom is -0.497 e. The standard InChI is InChI=1S/C12H14N2O2/c1-9(15)14-11-4-2-10(3-5-11)12-8-16-7-6-13-12/h2-5,8,13H,6-7H2,1H3,(H,14,15). The van der Waals surface area contributed by atoms with Crippen LogP contribution in [0, 0.1) is 0 Å². The molecule has 1 aromatic rings. The van der Waals surface area contributed by atoms with Crippen molar-refractivity contribution in [3.05, 3.63) is 36.1 Å². The summed E-state index contributed by atoms with van der Waals surface area (Å²) in [7, 11) is 0. The average Bonchev–Trinajstić information content (AvgIpc) is 2.30. The molecule has 1 aliphatic rings. The summed E-state index contributed by atoms with van der Waals surface area (Å²) in [5.74, 6) is -0.0638. The first-order chi connectivity index (χ1) is 7.75. The van der Waals surface area contributed by atoms with E-state index in [-0.39, 0.29) is 5.91 Å². The fraction of sp³-hybridized carbons (Fsp3) is 0.250. The fourth-order valence-electron chi connectivity index (χ4n) is 1.54. The van der Waals surface area contributed by atoms with Gasteiger partial charge in [0.15, 0.2) is 0 Å². The number of anilines is 1. The van der Waals surface area contributed by atoms with Gasteiger partial charge in [0.1, 0.15) is 12.9 Å². The molecule has 2 N–H and O–H groups in total. The third kappa shape index (κ3) is 2.53. The van der Waals surface area contributed by atoms with Gasteiger partial charge in [-0.05, 0) is 12.1 Å². The first-order valence-corrected chi connectivity index (χ1v) is 5.19. The Labute approximate surface area is 94.3 Å². The summed E-state index contributed by atoms with van der Waals surface area (Å²) in [6.07, 6.45) is 1.72. The molecule has 0 radical (unpaired) electrons. The first-order valence-electron chi connectivity index (χ1n) is 5.19. The third-order valence-corrected chi connectivity index (χ3v) is 2.25. The second kappa shape index (κ2) is 4.70. The minimum atomic E-state index is -0.0638. The summed E-state index contributed by atoms with van der Waals surface area (Å²) >= 11 is 0. The van der Waals surface area contributed by atoms with Crippen LogP contribution in [0.3, 0.4) is 0 Å². The maximum Gasteiger partial charge on any atom is 0.221 e. The van der Waals surface area contributed by atoms with Crippen molar-refractivity contribution in [2.45, 2.75) is 6.92 Å². The van der Waals surface area contributed by atoms with Gasteiger partial charge in [-0.2, -0.15) is 0 Å². The van der Waals surface area contributed by atoms with E-state index in [0.29, 0.717) is 6.61 Å². The lowest BCUT2D eigenvalue weighted by Gasteiger charge is -2.16. The van der Waals surface area contributed by atoms with E-state index in [2.05, 4.69) is 10.6 Å². The highest BCUT2D eigenvalue weighted by Gasteiger charge is 2.05. The number of nitrogens with one attached hydrogen (secondary N) is 2. The first kappa shape index (κ1) is 10.5. The van der Waals surface area contributed by atoms with Gasteiger partial charge in [-0.3, -0.25) is 4.79 Å². The molecule has 16 heavy (non-hydrogen) atoms. The lowest BCUT2D eigenvalue weighted by atomic mass is 10.1. The Kier molecular flexibility index (Phi) is 3.10. The normalized spacial score (nSPS) is 14.4. The largest absolute Gasteiger partial charge is 0.497 e. The zero-order valence-corrected chi connectivity index (χ0v) is 9.12. The number of carbonyl (C=O) groups excluding carboxylic acids is 1. The monoisotopic (exact) mass is 218 g/mol. The topological polar surface area (TPSA) is 50.4 Å². The van der Waals surface area contributed by atoms with E-state index < -0.39 is 0 Å². The molecular formula is C12H14N2O2. The lowest BCUT2D eigenvalue weighted by Crippen LogP contribution is -2.22. The van der Waals surface area contributed by atoms with Gasteiger partial charge in [0.2, 0.25) is 5.91 Å². The molecule has 0 aliphatic carbocycles. The highest BCUT2D eigenvalue weighted by atomic mass is 16.5. The zero-order valence-electron chi connectivity index (χ0n) is 9.12. The third-order valence-electron chi connectivity index (χ3n) is 2.25. The number of benzene rings is 1. The Morgan fingerprint density at radius 1 is 1.38 bits per heavy atom. The molecule has 0 fully saturated rings. The summed E-state index contributed by atoms with van der Waals surface area (Å²) in [5, 5.41) is 5.97. The lowest BCUT2D eigenvalue weighted by molar-refractivity contribution is -0.114. The Morgan fingerprint density at radius 3 is 2.69 bits per heavy atom. The van der Waals surface area contributed by atoms with E-state index in [0.717, 1.165) is 23.5 Å². The number of hydrogen-bond acceptors (Lipinski definition) is 3. The van der Waals surface area contributed by atoms with Crippen LogP contribution in [0.1, 0.15) is 12.5 Å². The van der Waals surface area contributed by atoms with Crippen LogP contribution >= 0.6 is 0 Å². The maximum absolute atomic E-state index is 10.8. The molecule has 0 saturated carbocycles. The highest BCUT2D eigenvalue weighted by molar-refractivity contribution is 5.88. The SMILES string of the molecule is CC(=O)Nc1ccc(C2=COCCN2)cc1. The van der Waals surface area contributed by atoms with Crippen molar-refractivity contribution in [1.82, 2.24) is 5.32 Å². The molecule has 2 rings (SSSR count). The van der Waals surface area contributed by atoms with Gasteiger partial charge in [-0.1, -0.05) is 12.1 Å². The highest BCUT2D eigenvalue weighted by Crippen LogP contribution is 2.16. The molecule has 1 aliphatic heterocycles. The maximum atomic E-state index is 10.8. The Hall–Kier alpha value is -1.97. The second-order valence-corrected chi connectivity index (χ2v) is 3.59. The number of carbonyl (C=O) groups is 1. The average molecular weight is 218 g/mol. The van der Waals surface area contributed by atoms with Crippen LogP contribution in [-0.2, 0) is 9.53 Å². The van der Waals surface area contributed by atoms with Crippen LogP contribution in [0.15, 0.2) is 30.5 Å². The quantitative estimate of drug-likeness (QED) is 0.792. The molecule has 0 atom stereocenters. The van der Waals surface area contributed by atoms with E-state index in [1.54, 1.807) is 6.26 Å². The molecule has 0 aromatic heterocycles. The van der Waals surface area contributed by atoms with Gasteiger partial charge >= 0.3 is 0 Å². The summed E-state index contributed by atoms with van der Waals surface area (Å²) < 4.78 is 5.24. The van der Waals surface area contributed by atoms with Crippen LogP contribution in [-0.4, -0.2) is 19.1 Å². The number of rotatable bonds is 2. The molecule has 4 heteroatoms. The predicted molar refractivity (Wildman–Crippen MR) is 62.7 cm³/mol. The summed E-state index contributed by atoms with van der Waals surface area (Å²) in [6.45, 7) is 3.01. The molecule has 0 unspecified atom stereocenters. The van der Waals surface area contributed by atoms with E-state index in [9.17, 15) is 4.79 Å². The van der Waals surface area contributed by atoms with Crippen LogP contribution < -0.4 is 10.6 Å². The molecule has 4 nitrogen and oxygen atoms in total. The van der Waals surface area contributed by atoms with Crippen LogP contribution in [0.4, 0.5) is 5.69 Å². The van der Waals surface area contributed by atoms with Gasteiger partial charge < -0.3 is 15.4 Å². The van der Waals surface area contributed by atoms with Crippen molar-refractivity contribution >= 4 is 17.3 Å². The molecule has 1 heterocycles. The van der Waals surface area contributed by atoms with Crippen molar-refractivity contribution in [2.75, 3.05) is 18.5 Å². The van der Waals surface area contributed by atoms with Crippen molar-refractivity contribution in [3.8, 4) is 0 Å². The Balaban J connectivity index is 2.12. The van der Waals surface area contributed by atoms with E-state index in [1.807, 2.05) is 24.3 Å². The number of ether oxygens (including phenoxy) is 1. The second-order valence-electron chi connectivity index (χ2n) is 3.59. The van der Waals surface area contributed by atoms with E-state index in [4.69, 9.17) is 4.74 Å². The van der Waals surface area contributed by atoms with E-state index in [1.165, 1.54) is 6.92 Å². The summed E-state index contributed by atoms with van der Waals surface area (Å²) in [6, 6.07) is 7.62. The predicted octanol–water partition coefficient (Wildman–Crippen LogP) is 1.56. The molecule has 1 aromatic carbocycles. The van der Waals surface area contributed by atoms with Gasteiger partial charge in [0.05, 0.1) is 5.70 Å². The van der Waals surface area contributed by atoms with Crippen molar-refractivity contribution in [3.63, 3.8) is 0 Å². The number of amides is 1. The van der Waals surface area contributed by atoms with Gasteiger partial charge in [-0.25, -0.2) is 0 Å². The van der Waals surface area contributed by atoms with Crippen LogP contribution in [0.5, 0.6) is 0 Å². The summed E-state index contributed by atoms with van der Waals surface area (Å²) in [4.78, 5) is 10.8. The minimum absolute atomic E-state index is 0.0638. The molecule has 0 bridgehead atoms. The van der Waals surface area contributed by atoms with Crippen LogP contribution in [0.2, 0.25) is 0 Å². The van der Waals surface area contributed by atoms with Crippen molar-refractivity contribution < 1.29 is 9.53 Å². The zero-order chi connectivity index (χ0) is 11.4. The molecular weight excluding hydrogens is 204 g/mol. The Bertz CT molecular complexity index is 410. The summed E-state index contributed by atoms with van der Waals surface area (Å²) in [5.41, 5.74) is 2.82. The number of hydrogen-bond donors (Lipinski definition) is 2. The van der Waals surface area contributed by atoms with E-state index >= 15 is 0 Å². The van der Waals surface area contributed by atoms with Crippen LogP contribution in [0.25, 0.3) is 5.70 Å². The molecule has 84 valence electrons. The smallest absolute Gasteiger partial charge is 0.221 e. The molecule has 0 spiro atoms. The van der Waals surface area contributed by atoms with Gasteiger partial charge in [0, 0.05) is 24.7 Å².